The van der Waals surface area contributed by atoms with Crippen molar-refractivity contribution in [2.24, 2.45) is 0 Å². The van der Waals surface area contributed by atoms with Crippen LogP contribution in [0.3, 0.4) is 0 Å². The van der Waals surface area contributed by atoms with Crippen molar-refractivity contribution in [2.75, 3.05) is 19.6 Å². The Kier molecular flexibility index (Phi) is 7.23. The van der Waals surface area contributed by atoms with Crippen molar-refractivity contribution in [3.63, 3.8) is 0 Å². The summed E-state index contributed by atoms with van der Waals surface area (Å²) in [4.78, 5) is 44.6. The summed E-state index contributed by atoms with van der Waals surface area (Å²) in [6.45, 7) is 8.24. The minimum absolute atomic E-state index is 0.0671. The van der Waals surface area contributed by atoms with Gasteiger partial charge in [-0.15, -0.1) is 0 Å². The first-order chi connectivity index (χ1) is 17.0. The lowest BCUT2D eigenvalue weighted by Crippen LogP contribution is -2.59. The molecule has 0 aromatic heterocycles. The number of halogens is 1. The molecule has 1 aromatic carbocycles. The highest BCUT2D eigenvalue weighted by Crippen LogP contribution is 2.38. The molecule has 0 saturated carbocycles. The van der Waals surface area contributed by atoms with Gasteiger partial charge in [-0.05, 0) is 64.7 Å². The van der Waals surface area contributed by atoms with Gasteiger partial charge in [-0.1, -0.05) is 12.1 Å². The van der Waals surface area contributed by atoms with Gasteiger partial charge < -0.3 is 19.9 Å². The molecule has 3 saturated heterocycles. The lowest BCUT2D eigenvalue weighted by atomic mass is 10.1. The van der Waals surface area contributed by atoms with Crippen LogP contribution in [0.1, 0.15) is 58.6 Å². The van der Waals surface area contributed by atoms with E-state index in [-0.39, 0.29) is 36.3 Å². The molecule has 5 atom stereocenters. The lowest BCUT2D eigenvalue weighted by molar-refractivity contribution is -0.141. The van der Waals surface area contributed by atoms with E-state index in [2.05, 4.69) is 11.4 Å². The largest absolute Gasteiger partial charge is 0.444 e. The average Bonchev–Trinajstić information content (AvgIpc) is 3.51. The van der Waals surface area contributed by atoms with Crippen molar-refractivity contribution in [3.05, 3.63) is 35.6 Å². The molecule has 3 fully saturated rings. The van der Waals surface area contributed by atoms with Gasteiger partial charge in [-0.2, -0.15) is 5.26 Å². The summed E-state index contributed by atoms with van der Waals surface area (Å²) < 4.78 is 19.1. The second-order valence-electron chi connectivity index (χ2n) is 10.9. The van der Waals surface area contributed by atoms with E-state index in [0.29, 0.717) is 25.9 Å². The number of alkyl carbamates (subject to hydrolysis) is 1. The van der Waals surface area contributed by atoms with Gasteiger partial charge in [0, 0.05) is 25.7 Å². The zero-order valence-electron chi connectivity index (χ0n) is 21.2. The van der Waals surface area contributed by atoms with Gasteiger partial charge in [-0.3, -0.25) is 14.5 Å². The molecule has 4 unspecified atom stereocenters. The van der Waals surface area contributed by atoms with E-state index in [0.717, 1.165) is 12.0 Å². The number of nitriles is 1. The Labute approximate surface area is 211 Å². The van der Waals surface area contributed by atoms with Gasteiger partial charge in [-0.25, -0.2) is 9.18 Å². The molecule has 10 heteroatoms. The Balaban J connectivity index is 1.48. The monoisotopic (exact) mass is 499 g/mol. The van der Waals surface area contributed by atoms with E-state index >= 15 is 0 Å². The Morgan fingerprint density at radius 2 is 2.08 bits per heavy atom. The second kappa shape index (κ2) is 10.1. The lowest BCUT2D eigenvalue weighted by Gasteiger charge is -2.39. The van der Waals surface area contributed by atoms with Crippen molar-refractivity contribution >= 4 is 17.9 Å². The van der Waals surface area contributed by atoms with Crippen molar-refractivity contribution in [1.29, 1.82) is 5.26 Å². The Hall–Kier alpha value is -3.19. The van der Waals surface area contributed by atoms with Gasteiger partial charge in [0.25, 0.3) is 0 Å². The number of benzene rings is 1. The predicted octanol–water partition coefficient (Wildman–Crippen LogP) is 2.58. The summed E-state index contributed by atoms with van der Waals surface area (Å²) in [6, 6.07) is 6.19. The first-order valence-electron chi connectivity index (χ1n) is 12.5. The van der Waals surface area contributed by atoms with E-state index in [4.69, 9.17) is 4.74 Å². The number of nitrogens with zero attached hydrogens (tertiary/aromatic N) is 4. The zero-order chi connectivity index (χ0) is 26.2. The second-order valence-corrected chi connectivity index (χ2v) is 10.9. The molecule has 1 N–H and O–H groups in total. The van der Waals surface area contributed by atoms with Gasteiger partial charge in [0.05, 0.1) is 18.2 Å². The summed E-state index contributed by atoms with van der Waals surface area (Å²) >= 11 is 0. The van der Waals surface area contributed by atoms with Crippen LogP contribution >= 0.6 is 0 Å². The maximum atomic E-state index is 13.8. The van der Waals surface area contributed by atoms with E-state index in [1.54, 1.807) is 31.7 Å². The zero-order valence-corrected chi connectivity index (χ0v) is 21.2. The summed E-state index contributed by atoms with van der Waals surface area (Å²) in [5, 5.41) is 12.2. The van der Waals surface area contributed by atoms with Crippen LogP contribution in [0.4, 0.5) is 9.18 Å². The number of piperazine rings is 1. The van der Waals surface area contributed by atoms with E-state index < -0.39 is 29.8 Å². The molecule has 0 aliphatic carbocycles. The highest BCUT2D eigenvalue weighted by molar-refractivity contribution is 5.88. The van der Waals surface area contributed by atoms with Crippen LogP contribution in [0, 0.1) is 17.1 Å². The minimum Gasteiger partial charge on any atom is -0.444 e. The minimum atomic E-state index is -0.949. The summed E-state index contributed by atoms with van der Waals surface area (Å²) in [6.07, 6.45) is 1.21. The molecular weight excluding hydrogens is 465 g/mol. The molecule has 4 rings (SSSR count). The van der Waals surface area contributed by atoms with Crippen LogP contribution in [-0.2, 0) is 14.3 Å². The maximum Gasteiger partial charge on any atom is 0.408 e. The molecule has 3 aliphatic rings. The van der Waals surface area contributed by atoms with E-state index in [1.165, 1.54) is 17.0 Å². The first kappa shape index (κ1) is 25.9. The number of rotatable bonds is 6. The van der Waals surface area contributed by atoms with Crippen LogP contribution in [-0.4, -0.2) is 82.0 Å². The quantitative estimate of drug-likeness (QED) is 0.645. The van der Waals surface area contributed by atoms with Crippen LogP contribution in [0.2, 0.25) is 0 Å². The standard InChI is InChI=1S/C26H34FN5O4/c1-16(17-7-5-8-18(27)11-17)32-20-12-22(24(32)34)30(14-20)15-21(29-25(35)36-26(2,3)4)23(33)31-10-6-9-19(31)13-28/h5,7-8,11,16,19-22H,6,9-10,12,14-15H2,1-4H3,(H,29,35)/t16-,19?,20?,21?,22?/m0/s1. The number of amides is 3. The molecule has 0 radical (unpaired) electrons. The fraction of sp³-hybridized carbons (Fsp3) is 0.615. The maximum absolute atomic E-state index is 13.8. The molecule has 1 aromatic rings. The number of ether oxygens (including phenoxy) is 1. The third-order valence-electron chi connectivity index (χ3n) is 7.15. The van der Waals surface area contributed by atoms with E-state index in [1.807, 2.05) is 17.9 Å². The van der Waals surface area contributed by atoms with Crippen molar-refractivity contribution in [3.8, 4) is 6.07 Å². The van der Waals surface area contributed by atoms with Gasteiger partial charge >= 0.3 is 6.09 Å². The summed E-state index contributed by atoms with van der Waals surface area (Å²) in [5.41, 5.74) is -0.00446. The van der Waals surface area contributed by atoms with Crippen LogP contribution in [0.25, 0.3) is 0 Å². The van der Waals surface area contributed by atoms with Crippen molar-refractivity contribution in [1.82, 2.24) is 20.0 Å². The third kappa shape index (κ3) is 5.31. The number of hydrogen-bond donors (Lipinski definition) is 1. The summed E-state index contributed by atoms with van der Waals surface area (Å²) in [7, 11) is 0. The average molecular weight is 500 g/mol. The Bertz CT molecular complexity index is 1070. The van der Waals surface area contributed by atoms with Crippen molar-refractivity contribution in [2.45, 2.75) is 82.8 Å². The topological polar surface area (TPSA) is 106 Å². The number of likely N-dealkylation sites (tertiary alicyclic amines) is 3. The van der Waals surface area contributed by atoms with E-state index in [9.17, 15) is 24.0 Å². The highest BCUT2D eigenvalue weighted by Gasteiger charge is 2.52. The number of hydrogen-bond acceptors (Lipinski definition) is 6. The molecule has 3 amide bonds. The summed E-state index contributed by atoms with van der Waals surface area (Å²) in [5.74, 6) is -0.752. The van der Waals surface area contributed by atoms with Gasteiger partial charge in [0.2, 0.25) is 11.8 Å². The first-order valence-corrected chi connectivity index (χ1v) is 12.5. The number of nitrogens with one attached hydrogen (secondary N) is 1. The number of fused-ring (bicyclic) bond motifs is 2. The van der Waals surface area contributed by atoms with Crippen LogP contribution < -0.4 is 5.32 Å². The normalized spacial score (nSPS) is 25.6. The number of carbonyl (C=O) groups excluding carboxylic acids is 3. The number of carbonyl (C=O) groups is 3. The molecule has 194 valence electrons. The molecule has 3 aliphatic heterocycles. The SMILES string of the molecule is C[C@@H](c1cccc(F)c1)N1C(=O)C2CC1CN2CC(NC(=O)OC(C)(C)C)C(=O)N1CCCC1C#N. The Morgan fingerprint density at radius 1 is 1.33 bits per heavy atom. The molecule has 9 nitrogen and oxygen atoms in total. The van der Waals surface area contributed by atoms with Gasteiger partial charge in [0.1, 0.15) is 23.5 Å². The van der Waals surface area contributed by atoms with Crippen LogP contribution in [0.15, 0.2) is 24.3 Å². The third-order valence-corrected chi connectivity index (χ3v) is 7.15. The van der Waals surface area contributed by atoms with Crippen molar-refractivity contribution < 1.29 is 23.5 Å². The molecule has 3 heterocycles. The highest BCUT2D eigenvalue weighted by atomic mass is 19.1. The fourth-order valence-corrected chi connectivity index (χ4v) is 5.56. The molecule has 0 spiro atoms. The van der Waals surface area contributed by atoms with Gasteiger partial charge in [0.15, 0.2) is 0 Å². The smallest absolute Gasteiger partial charge is 0.408 e. The fourth-order valence-electron chi connectivity index (χ4n) is 5.56. The Morgan fingerprint density at radius 3 is 2.72 bits per heavy atom. The van der Waals surface area contributed by atoms with Crippen LogP contribution in [0.5, 0.6) is 0 Å². The molecule has 2 bridgehead atoms. The molecule has 36 heavy (non-hydrogen) atoms. The predicted molar refractivity (Wildman–Crippen MR) is 129 cm³/mol. The molecular formula is C26H34FN5O4.